The zero-order valence-corrected chi connectivity index (χ0v) is 14.5. The first-order valence-electron chi connectivity index (χ1n) is 8.77. The number of anilines is 2. The fourth-order valence-electron chi connectivity index (χ4n) is 2.86. The molecule has 1 fully saturated rings. The summed E-state index contributed by atoms with van der Waals surface area (Å²) in [6.07, 6.45) is 5.61. The maximum atomic E-state index is 5.35. The van der Waals surface area contributed by atoms with E-state index in [0.717, 1.165) is 49.2 Å². The van der Waals surface area contributed by atoms with Gasteiger partial charge in [-0.2, -0.15) is 0 Å². The van der Waals surface area contributed by atoms with Crippen molar-refractivity contribution in [1.82, 2.24) is 15.0 Å². The summed E-state index contributed by atoms with van der Waals surface area (Å²) < 4.78 is 5.35. The molecule has 0 unspecified atom stereocenters. The van der Waals surface area contributed by atoms with Crippen LogP contribution in [0.15, 0.2) is 61.1 Å². The number of pyridine rings is 1. The summed E-state index contributed by atoms with van der Waals surface area (Å²) in [7, 11) is 0. The number of ether oxygens (including phenoxy) is 1. The fraction of sp³-hybridized carbons (Fsp3) is 0.250. The van der Waals surface area contributed by atoms with Crippen molar-refractivity contribution in [2.75, 3.05) is 36.5 Å². The minimum atomic E-state index is 0.640. The average Bonchev–Trinajstić information content (AvgIpc) is 2.74. The van der Waals surface area contributed by atoms with Crippen molar-refractivity contribution in [2.45, 2.75) is 6.54 Å². The second kappa shape index (κ2) is 7.93. The van der Waals surface area contributed by atoms with E-state index in [9.17, 15) is 0 Å². The van der Waals surface area contributed by atoms with Gasteiger partial charge in [-0.15, -0.1) is 0 Å². The van der Waals surface area contributed by atoms with Crippen LogP contribution in [-0.2, 0) is 11.3 Å². The molecule has 1 aliphatic rings. The van der Waals surface area contributed by atoms with Crippen molar-refractivity contribution in [3.05, 3.63) is 66.6 Å². The van der Waals surface area contributed by atoms with Crippen LogP contribution in [0.4, 0.5) is 11.8 Å². The van der Waals surface area contributed by atoms with Crippen molar-refractivity contribution in [1.29, 1.82) is 0 Å². The molecule has 1 N–H and O–H groups in total. The van der Waals surface area contributed by atoms with Gasteiger partial charge in [0.1, 0.15) is 5.82 Å². The second-order valence-corrected chi connectivity index (χ2v) is 6.14. The van der Waals surface area contributed by atoms with Gasteiger partial charge in [-0.25, -0.2) is 15.0 Å². The molecule has 3 heterocycles. The monoisotopic (exact) mass is 347 g/mol. The van der Waals surface area contributed by atoms with E-state index in [1.54, 1.807) is 0 Å². The molecule has 0 spiro atoms. The van der Waals surface area contributed by atoms with Gasteiger partial charge in [-0.05, 0) is 17.7 Å². The van der Waals surface area contributed by atoms with Crippen LogP contribution in [0, 0.1) is 0 Å². The molecule has 1 aromatic carbocycles. The average molecular weight is 347 g/mol. The van der Waals surface area contributed by atoms with Crippen LogP contribution in [0.2, 0.25) is 0 Å². The molecule has 0 bridgehead atoms. The lowest BCUT2D eigenvalue weighted by atomic mass is 10.1. The maximum absolute atomic E-state index is 5.35. The van der Waals surface area contributed by atoms with Crippen molar-refractivity contribution in [3.8, 4) is 11.1 Å². The molecule has 0 saturated carbocycles. The summed E-state index contributed by atoms with van der Waals surface area (Å²) in [5.74, 6) is 1.60. The van der Waals surface area contributed by atoms with Gasteiger partial charge in [0.25, 0.3) is 0 Å². The Labute approximate surface area is 152 Å². The Kier molecular flexibility index (Phi) is 5.02. The fourth-order valence-corrected chi connectivity index (χ4v) is 2.86. The highest BCUT2D eigenvalue weighted by atomic mass is 16.5. The van der Waals surface area contributed by atoms with Gasteiger partial charge < -0.3 is 15.0 Å². The van der Waals surface area contributed by atoms with Crippen LogP contribution >= 0.6 is 0 Å². The number of nitrogens with zero attached hydrogens (tertiary/aromatic N) is 4. The van der Waals surface area contributed by atoms with E-state index in [4.69, 9.17) is 4.74 Å². The third-order valence-electron chi connectivity index (χ3n) is 4.33. The molecule has 0 amide bonds. The first-order chi connectivity index (χ1) is 12.9. The quantitative estimate of drug-likeness (QED) is 0.765. The molecule has 6 heteroatoms. The largest absolute Gasteiger partial charge is 0.378 e. The third-order valence-corrected chi connectivity index (χ3v) is 4.33. The third kappa shape index (κ3) is 3.97. The number of aromatic nitrogens is 3. The standard InChI is InChI=1S/C20H21N5O/c1-2-4-17(5-3-1)18-6-7-19(22-15-18)21-12-16-13-23-20(24-14-16)25-8-10-26-11-9-25/h1-7,13-15H,8-12H2,(H,21,22). The number of hydrogen-bond donors (Lipinski definition) is 1. The SMILES string of the molecule is c1ccc(-c2ccc(NCc3cnc(N4CCOCC4)nc3)nc2)cc1. The molecule has 3 aromatic rings. The highest BCUT2D eigenvalue weighted by molar-refractivity contribution is 5.63. The minimum absolute atomic E-state index is 0.640. The lowest BCUT2D eigenvalue weighted by Crippen LogP contribution is -2.37. The van der Waals surface area contributed by atoms with E-state index in [1.165, 1.54) is 5.56 Å². The molecule has 0 aliphatic carbocycles. The molecular weight excluding hydrogens is 326 g/mol. The lowest BCUT2D eigenvalue weighted by molar-refractivity contribution is 0.122. The maximum Gasteiger partial charge on any atom is 0.225 e. The summed E-state index contributed by atoms with van der Waals surface area (Å²) in [5.41, 5.74) is 3.30. The molecule has 1 saturated heterocycles. The van der Waals surface area contributed by atoms with Crippen LogP contribution < -0.4 is 10.2 Å². The zero-order chi connectivity index (χ0) is 17.6. The van der Waals surface area contributed by atoms with E-state index in [1.807, 2.05) is 42.9 Å². The summed E-state index contributed by atoms with van der Waals surface area (Å²) in [4.78, 5) is 15.6. The number of hydrogen-bond acceptors (Lipinski definition) is 6. The molecule has 1 aliphatic heterocycles. The predicted octanol–water partition coefficient (Wildman–Crippen LogP) is 2.99. The first kappa shape index (κ1) is 16.5. The Bertz CT molecular complexity index is 815. The van der Waals surface area contributed by atoms with Crippen molar-refractivity contribution in [3.63, 3.8) is 0 Å². The smallest absolute Gasteiger partial charge is 0.225 e. The normalized spacial score (nSPS) is 14.2. The van der Waals surface area contributed by atoms with Gasteiger partial charge in [0.15, 0.2) is 0 Å². The van der Waals surface area contributed by atoms with E-state index >= 15 is 0 Å². The Hall–Kier alpha value is -2.99. The predicted molar refractivity (Wildman–Crippen MR) is 102 cm³/mol. The van der Waals surface area contributed by atoms with Crippen LogP contribution in [0.25, 0.3) is 11.1 Å². The number of benzene rings is 1. The van der Waals surface area contributed by atoms with Crippen molar-refractivity contribution >= 4 is 11.8 Å². The number of morpholine rings is 1. The van der Waals surface area contributed by atoms with E-state index < -0.39 is 0 Å². The summed E-state index contributed by atoms with van der Waals surface area (Å²) >= 11 is 0. The Morgan fingerprint density at radius 3 is 2.31 bits per heavy atom. The number of nitrogens with one attached hydrogen (secondary N) is 1. The summed E-state index contributed by atoms with van der Waals surface area (Å²) in [6.45, 7) is 3.79. The highest BCUT2D eigenvalue weighted by Crippen LogP contribution is 2.19. The molecule has 0 atom stereocenters. The second-order valence-electron chi connectivity index (χ2n) is 6.14. The van der Waals surface area contributed by atoms with E-state index in [0.29, 0.717) is 6.54 Å². The van der Waals surface area contributed by atoms with Crippen LogP contribution in [0.5, 0.6) is 0 Å². The van der Waals surface area contributed by atoms with E-state index in [2.05, 4.69) is 43.4 Å². The van der Waals surface area contributed by atoms with Gasteiger partial charge in [-0.3, -0.25) is 0 Å². The Balaban J connectivity index is 1.35. The molecule has 0 radical (unpaired) electrons. The van der Waals surface area contributed by atoms with Crippen LogP contribution in [0.1, 0.15) is 5.56 Å². The zero-order valence-electron chi connectivity index (χ0n) is 14.5. The molecule has 4 rings (SSSR count). The van der Waals surface area contributed by atoms with Crippen molar-refractivity contribution < 1.29 is 4.74 Å². The van der Waals surface area contributed by atoms with Crippen molar-refractivity contribution in [2.24, 2.45) is 0 Å². The summed E-state index contributed by atoms with van der Waals surface area (Å²) in [5, 5.41) is 3.31. The van der Waals surface area contributed by atoms with E-state index in [-0.39, 0.29) is 0 Å². The molecule has 132 valence electrons. The van der Waals surface area contributed by atoms with Gasteiger partial charge in [0.2, 0.25) is 5.95 Å². The molecule has 26 heavy (non-hydrogen) atoms. The molecular formula is C20H21N5O. The lowest BCUT2D eigenvalue weighted by Gasteiger charge is -2.26. The first-order valence-corrected chi connectivity index (χ1v) is 8.77. The Morgan fingerprint density at radius 2 is 1.62 bits per heavy atom. The number of rotatable bonds is 5. The minimum Gasteiger partial charge on any atom is -0.378 e. The Morgan fingerprint density at radius 1 is 0.846 bits per heavy atom. The highest BCUT2D eigenvalue weighted by Gasteiger charge is 2.13. The molecule has 2 aromatic heterocycles. The van der Waals surface area contributed by atoms with Gasteiger partial charge in [0, 0.05) is 49.4 Å². The van der Waals surface area contributed by atoms with Gasteiger partial charge in [0.05, 0.1) is 13.2 Å². The molecule has 6 nitrogen and oxygen atoms in total. The van der Waals surface area contributed by atoms with Gasteiger partial charge >= 0.3 is 0 Å². The van der Waals surface area contributed by atoms with Crippen LogP contribution in [0.3, 0.4) is 0 Å². The summed E-state index contributed by atoms with van der Waals surface area (Å²) in [6, 6.07) is 14.3. The van der Waals surface area contributed by atoms with Gasteiger partial charge in [-0.1, -0.05) is 30.3 Å². The van der Waals surface area contributed by atoms with Crippen LogP contribution in [-0.4, -0.2) is 41.3 Å². The topological polar surface area (TPSA) is 63.2 Å².